The predicted octanol–water partition coefficient (Wildman–Crippen LogP) is 4.78. The molecule has 0 bridgehead atoms. The zero-order valence-corrected chi connectivity index (χ0v) is 13.3. The summed E-state index contributed by atoms with van der Waals surface area (Å²) in [5.41, 5.74) is 5.47. The quantitative estimate of drug-likeness (QED) is 0.602. The third kappa shape index (κ3) is 2.80. The van der Waals surface area contributed by atoms with Gasteiger partial charge in [-0.05, 0) is 36.8 Å². The predicted molar refractivity (Wildman–Crippen MR) is 92.0 cm³/mol. The van der Waals surface area contributed by atoms with E-state index in [1.165, 1.54) is 17.5 Å². The summed E-state index contributed by atoms with van der Waals surface area (Å²) < 4.78 is 0. The zero-order valence-electron chi connectivity index (χ0n) is 12.5. The number of hydrogen-bond acceptors (Lipinski definition) is 3. The minimum absolute atomic E-state index is 0.773. The molecule has 1 aliphatic rings. The van der Waals surface area contributed by atoms with E-state index in [-0.39, 0.29) is 0 Å². The Morgan fingerprint density at radius 1 is 1.18 bits per heavy atom. The Morgan fingerprint density at radius 2 is 1.91 bits per heavy atom. The summed E-state index contributed by atoms with van der Waals surface area (Å²) in [6.07, 6.45) is 6.20. The standard InChI is InChI=1S/C19H18N2S/c1-2-12-22-19-17(13-20)15-10-6-7-11-16(15)18(21-19)14-8-4-3-5-9-14/h2-5,8-9H,1,6-7,10-12H2. The van der Waals surface area contributed by atoms with Crippen LogP contribution in [-0.2, 0) is 12.8 Å². The average Bonchev–Trinajstić information content (AvgIpc) is 2.59. The van der Waals surface area contributed by atoms with Gasteiger partial charge in [0.25, 0.3) is 0 Å². The molecular formula is C19H18N2S. The molecule has 0 saturated heterocycles. The first kappa shape index (κ1) is 14.9. The van der Waals surface area contributed by atoms with E-state index in [1.54, 1.807) is 11.8 Å². The number of rotatable bonds is 4. The summed E-state index contributed by atoms with van der Waals surface area (Å²) in [7, 11) is 0. The van der Waals surface area contributed by atoms with Gasteiger partial charge in [0.2, 0.25) is 0 Å². The Bertz CT molecular complexity index is 729. The molecule has 0 aliphatic heterocycles. The molecular weight excluding hydrogens is 288 g/mol. The highest BCUT2D eigenvalue weighted by Crippen LogP contribution is 2.36. The van der Waals surface area contributed by atoms with Gasteiger partial charge in [-0.2, -0.15) is 5.26 Å². The van der Waals surface area contributed by atoms with Crippen LogP contribution in [0.4, 0.5) is 0 Å². The van der Waals surface area contributed by atoms with Gasteiger partial charge in [0, 0.05) is 11.3 Å². The summed E-state index contributed by atoms with van der Waals surface area (Å²) >= 11 is 1.60. The fourth-order valence-corrected chi connectivity index (χ4v) is 3.73. The van der Waals surface area contributed by atoms with Crippen LogP contribution in [0.25, 0.3) is 11.3 Å². The van der Waals surface area contributed by atoms with Crippen LogP contribution in [-0.4, -0.2) is 10.7 Å². The van der Waals surface area contributed by atoms with E-state index in [9.17, 15) is 5.26 Å². The number of aromatic nitrogens is 1. The van der Waals surface area contributed by atoms with Gasteiger partial charge in [-0.1, -0.05) is 36.4 Å². The second kappa shape index (κ2) is 6.81. The Labute approximate surface area is 135 Å². The lowest BCUT2D eigenvalue weighted by molar-refractivity contribution is 0.677. The number of nitriles is 1. The van der Waals surface area contributed by atoms with Gasteiger partial charge in [0.05, 0.1) is 11.3 Å². The van der Waals surface area contributed by atoms with Gasteiger partial charge in [-0.15, -0.1) is 18.3 Å². The number of hydrogen-bond donors (Lipinski definition) is 0. The molecule has 3 rings (SSSR count). The molecule has 0 N–H and O–H groups in total. The van der Waals surface area contributed by atoms with E-state index >= 15 is 0 Å². The molecule has 0 fully saturated rings. The molecule has 0 unspecified atom stereocenters. The van der Waals surface area contributed by atoms with Crippen LogP contribution in [0.15, 0.2) is 48.0 Å². The molecule has 0 spiro atoms. The normalized spacial score (nSPS) is 13.2. The third-order valence-electron chi connectivity index (χ3n) is 3.98. The van der Waals surface area contributed by atoms with Crippen molar-refractivity contribution in [3.05, 3.63) is 59.7 Å². The van der Waals surface area contributed by atoms with Crippen LogP contribution in [0.5, 0.6) is 0 Å². The lowest BCUT2D eigenvalue weighted by Gasteiger charge is -2.22. The topological polar surface area (TPSA) is 36.7 Å². The Hall–Kier alpha value is -2.05. The highest BCUT2D eigenvalue weighted by Gasteiger charge is 2.22. The van der Waals surface area contributed by atoms with Gasteiger partial charge >= 0.3 is 0 Å². The van der Waals surface area contributed by atoms with Crippen LogP contribution in [0.3, 0.4) is 0 Å². The van der Waals surface area contributed by atoms with Crippen molar-refractivity contribution in [2.45, 2.75) is 30.7 Å². The second-order valence-electron chi connectivity index (χ2n) is 5.38. The Morgan fingerprint density at radius 3 is 2.59 bits per heavy atom. The van der Waals surface area contributed by atoms with E-state index in [0.717, 1.165) is 46.9 Å². The number of fused-ring (bicyclic) bond motifs is 1. The fraction of sp³-hybridized carbons (Fsp3) is 0.263. The van der Waals surface area contributed by atoms with Crippen molar-refractivity contribution in [2.75, 3.05) is 5.75 Å². The van der Waals surface area contributed by atoms with Crippen LogP contribution in [0.1, 0.15) is 29.5 Å². The molecule has 0 saturated carbocycles. The van der Waals surface area contributed by atoms with Crippen molar-refractivity contribution in [1.82, 2.24) is 4.98 Å². The van der Waals surface area contributed by atoms with Gasteiger partial charge in [-0.25, -0.2) is 4.98 Å². The highest BCUT2D eigenvalue weighted by molar-refractivity contribution is 7.99. The van der Waals surface area contributed by atoms with Crippen LogP contribution in [0, 0.1) is 11.3 Å². The van der Waals surface area contributed by atoms with E-state index in [0.29, 0.717) is 0 Å². The maximum atomic E-state index is 9.61. The first-order valence-electron chi connectivity index (χ1n) is 7.60. The summed E-state index contributed by atoms with van der Waals surface area (Å²) in [5, 5.41) is 10.5. The van der Waals surface area contributed by atoms with Crippen LogP contribution >= 0.6 is 11.8 Å². The van der Waals surface area contributed by atoms with Crippen molar-refractivity contribution in [2.24, 2.45) is 0 Å². The summed E-state index contributed by atoms with van der Waals surface area (Å²) in [4.78, 5) is 4.86. The number of pyridine rings is 1. The zero-order chi connectivity index (χ0) is 15.4. The number of thioether (sulfide) groups is 1. The van der Waals surface area contributed by atoms with E-state index < -0.39 is 0 Å². The Kier molecular flexibility index (Phi) is 4.60. The van der Waals surface area contributed by atoms with Crippen molar-refractivity contribution < 1.29 is 0 Å². The smallest absolute Gasteiger partial charge is 0.115 e. The summed E-state index contributed by atoms with van der Waals surface area (Å²) in [6, 6.07) is 12.7. The summed E-state index contributed by atoms with van der Waals surface area (Å²) in [5.74, 6) is 0.773. The molecule has 2 aromatic rings. The van der Waals surface area contributed by atoms with Gasteiger partial charge < -0.3 is 0 Å². The minimum Gasteiger partial charge on any atom is -0.240 e. The molecule has 3 heteroatoms. The van der Waals surface area contributed by atoms with Gasteiger partial charge in [0.1, 0.15) is 11.1 Å². The SMILES string of the molecule is C=CCSc1nc(-c2ccccc2)c2c(c1C#N)CCCC2. The molecule has 0 radical (unpaired) electrons. The second-order valence-corrected chi connectivity index (χ2v) is 6.39. The maximum absolute atomic E-state index is 9.61. The molecule has 0 amide bonds. The lowest BCUT2D eigenvalue weighted by atomic mass is 9.86. The molecule has 1 aromatic heterocycles. The van der Waals surface area contributed by atoms with Crippen molar-refractivity contribution in [1.29, 1.82) is 5.26 Å². The Balaban J connectivity index is 2.21. The molecule has 22 heavy (non-hydrogen) atoms. The molecule has 1 heterocycles. The van der Waals surface area contributed by atoms with Gasteiger partial charge in [0.15, 0.2) is 0 Å². The summed E-state index contributed by atoms with van der Waals surface area (Å²) in [6.45, 7) is 3.77. The first-order chi connectivity index (χ1) is 10.8. The molecule has 1 aromatic carbocycles. The number of benzene rings is 1. The molecule has 2 nitrogen and oxygen atoms in total. The van der Waals surface area contributed by atoms with Crippen molar-refractivity contribution in [3.63, 3.8) is 0 Å². The number of nitrogens with zero attached hydrogens (tertiary/aromatic N) is 2. The van der Waals surface area contributed by atoms with Crippen LogP contribution < -0.4 is 0 Å². The molecule has 110 valence electrons. The average molecular weight is 306 g/mol. The van der Waals surface area contributed by atoms with E-state index in [1.807, 2.05) is 24.3 Å². The largest absolute Gasteiger partial charge is 0.240 e. The highest BCUT2D eigenvalue weighted by atomic mass is 32.2. The van der Waals surface area contributed by atoms with Crippen molar-refractivity contribution in [3.8, 4) is 17.3 Å². The first-order valence-corrected chi connectivity index (χ1v) is 8.58. The van der Waals surface area contributed by atoms with Gasteiger partial charge in [-0.3, -0.25) is 0 Å². The monoisotopic (exact) mass is 306 g/mol. The lowest BCUT2D eigenvalue weighted by Crippen LogP contribution is -2.10. The van der Waals surface area contributed by atoms with E-state index in [2.05, 4.69) is 24.8 Å². The molecule has 0 atom stereocenters. The fourth-order valence-electron chi connectivity index (χ4n) is 2.99. The maximum Gasteiger partial charge on any atom is 0.115 e. The van der Waals surface area contributed by atoms with E-state index in [4.69, 9.17) is 4.98 Å². The van der Waals surface area contributed by atoms with Crippen molar-refractivity contribution >= 4 is 11.8 Å². The minimum atomic E-state index is 0.773. The third-order valence-corrected chi connectivity index (χ3v) is 4.95. The molecule has 1 aliphatic carbocycles. The van der Waals surface area contributed by atoms with Crippen LogP contribution in [0.2, 0.25) is 0 Å².